The van der Waals surface area contributed by atoms with Crippen LogP contribution in [0.5, 0.6) is 11.5 Å². The van der Waals surface area contributed by atoms with Crippen LogP contribution >= 0.6 is 11.6 Å². The molecule has 0 fully saturated rings. The number of methoxy groups -OCH3 is 1. The maximum Gasteiger partial charge on any atom is 0.261 e. The Labute approximate surface area is 162 Å². The van der Waals surface area contributed by atoms with Crippen LogP contribution in [-0.2, 0) is 16.6 Å². The minimum atomic E-state index is -3.74. The number of rotatable bonds is 7. The van der Waals surface area contributed by atoms with Crippen molar-refractivity contribution < 1.29 is 17.9 Å². The van der Waals surface area contributed by atoms with Crippen LogP contribution in [0.15, 0.2) is 71.8 Å². The van der Waals surface area contributed by atoms with Gasteiger partial charge >= 0.3 is 0 Å². The number of sulfonamides is 1. The number of pyridine rings is 1. The van der Waals surface area contributed by atoms with E-state index < -0.39 is 10.0 Å². The Kier molecular flexibility index (Phi) is 5.83. The average Bonchev–Trinajstić information content (AvgIpc) is 2.68. The highest BCUT2D eigenvalue weighted by Gasteiger charge is 2.15. The summed E-state index contributed by atoms with van der Waals surface area (Å²) in [5.74, 6) is 1.01. The predicted octanol–water partition coefficient (Wildman–Crippen LogP) is 4.12. The van der Waals surface area contributed by atoms with Gasteiger partial charge in [0.05, 0.1) is 28.4 Å². The summed E-state index contributed by atoms with van der Waals surface area (Å²) in [4.78, 5) is 4.29. The van der Waals surface area contributed by atoms with Gasteiger partial charge in [0.2, 0.25) is 0 Å². The van der Waals surface area contributed by atoms with E-state index in [1.165, 1.54) is 25.3 Å². The topological polar surface area (TPSA) is 77.5 Å². The Hall–Kier alpha value is -2.77. The summed E-state index contributed by atoms with van der Waals surface area (Å²) in [6.45, 7) is 0.261. The molecule has 1 N–H and O–H groups in total. The van der Waals surface area contributed by atoms with Gasteiger partial charge in [-0.15, -0.1) is 0 Å². The molecule has 140 valence electrons. The molecule has 27 heavy (non-hydrogen) atoms. The van der Waals surface area contributed by atoms with Gasteiger partial charge in [-0.1, -0.05) is 17.7 Å². The first-order valence-corrected chi connectivity index (χ1v) is 9.83. The van der Waals surface area contributed by atoms with Crippen molar-refractivity contribution in [3.63, 3.8) is 0 Å². The summed E-state index contributed by atoms with van der Waals surface area (Å²) < 4.78 is 38.1. The standard InChI is InChI=1S/C19H17ClN2O4S/c1-25-16-6-8-17(9-7-16)27(23,24)22-14-5-10-19(18(20)12-14)26-13-15-4-2-3-11-21-15/h2-12,22H,13H2,1H3. The first-order valence-electron chi connectivity index (χ1n) is 7.97. The molecule has 0 aliphatic carbocycles. The van der Waals surface area contributed by atoms with Crippen LogP contribution < -0.4 is 14.2 Å². The number of nitrogens with one attached hydrogen (secondary N) is 1. The second-order valence-electron chi connectivity index (χ2n) is 5.54. The first kappa shape index (κ1) is 19.0. The van der Waals surface area contributed by atoms with Gasteiger partial charge < -0.3 is 9.47 Å². The van der Waals surface area contributed by atoms with Crippen LogP contribution in [0.4, 0.5) is 5.69 Å². The van der Waals surface area contributed by atoms with Crippen LogP contribution in [0.2, 0.25) is 5.02 Å². The Morgan fingerprint density at radius 1 is 1.07 bits per heavy atom. The number of benzene rings is 2. The number of hydrogen-bond donors (Lipinski definition) is 1. The summed E-state index contributed by atoms with van der Waals surface area (Å²) in [5, 5.41) is 0.292. The summed E-state index contributed by atoms with van der Waals surface area (Å²) in [6, 6.07) is 16.3. The smallest absolute Gasteiger partial charge is 0.261 e. The van der Waals surface area contributed by atoms with Crippen molar-refractivity contribution >= 4 is 27.3 Å². The summed E-state index contributed by atoms with van der Waals surface area (Å²) in [6.07, 6.45) is 1.68. The van der Waals surface area contributed by atoms with Crippen molar-refractivity contribution in [1.29, 1.82) is 0 Å². The maximum absolute atomic E-state index is 12.5. The minimum absolute atomic E-state index is 0.120. The highest BCUT2D eigenvalue weighted by Crippen LogP contribution is 2.29. The van der Waals surface area contributed by atoms with Crippen molar-refractivity contribution in [1.82, 2.24) is 4.98 Å². The number of nitrogens with zero attached hydrogens (tertiary/aromatic N) is 1. The van der Waals surface area contributed by atoms with Crippen LogP contribution in [0.25, 0.3) is 0 Å². The van der Waals surface area contributed by atoms with Crippen molar-refractivity contribution in [3.05, 3.63) is 77.6 Å². The fourth-order valence-electron chi connectivity index (χ4n) is 2.29. The number of ether oxygens (including phenoxy) is 2. The number of hydrogen-bond acceptors (Lipinski definition) is 5. The Morgan fingerprint density at radius 2 is 1.85 bits per heavy atom. The molecule has 0 aliphatic heterocycles. The molecule has 0 amide bonds. The van der Waals surface area contributed by atoms with Gasteiger partial charge in [0.1, 0.15) is 18.1 Å². The van der Waals surface area contributed by atoms with E-state index in [1.54, 1.807) is 30.5 Å². The van der Waals surface area contributed by atoms with Gasteiger partial charge in [-0.05, 0) is 54.6 Å². The molecule has 0 saturated carbocycles. The number of halogens is 1. The monoisotopic (exact) mass is 404 g/mol. The molecule has 0 aliphatic rings. The third-order valence-corrected chi connectivity index (χ3v) is 5.35. The van der Waals surface area contributed by atoms with Crippen molar-refractivity contribution in [3.8, 4) is 11.5 Å². The van der Waals surface area contributed by atoms with Gasteiger partial charge in [0, 0.05) is 6.20 Å². The zero-order valence-corrected chi connectivity index (χ0v) is 16.0. The Bertz CT molecular complexity index is 1010. The molecule has 0 radical (unpaired) electrons. The van der Waals surface area contributed by atoms with Gasteiger partial charge in [0.25, 0.3) is 10.0 Å². The third-order valence-electron chi connectivity index (χ3n) is 3.66. The highest BCUT2D eigenvalue weighted by atomic mass is 35.5. The SMILES string of the molecule is COc1ccc(S(=O)(=O)Nc2ccc(OCc3ccccn3)c(Cl)c2)cc1. The van der Waals surface area contributed by atoms with Gasteiger partial charge in [-0.3, -0.25) is 9.71 Å². The fourth-order valence-corrected chi connectivity index (χ4v) is 3.57. The molecule has 3 aromatic rings. The zero-order valence-electron chi connectivity index (χ0n) is 14.4. The highest BCUT2D eigenvalue weighted by molar-refractivity contribution is 7.92. The van der Waals surface area contributed by atoms with E-state index >= 15 is 0 Å². The Morgan fingerprint density at radius 3 is 2.48 bits per heavy atom. The molecule has 2 aromatic carbocycles. The molecule has 0 bridgehead atoms. The largest absolute Gasteiger partial charge is 0.497 e. The second-order valence-corrected chi connectivity index (χ2v) is 7.63. The zero-order chi connectivity index (χ0) is 19.3. The lowest BCUT2D eigenvalue weighted by atomic mass is 10.3. The third kappa shape index (κ3) is 4.90. The van der Waals surface area contributed by atoms with Crippen molar-refractivity contribution in [2.75, 3.05) is 11.8 Å². The quantitative estimate of drug-likeness (QED) is 0.640. The maximum atomic E-state index is 12.5. The lowest BCUT2D eigenvalue weighted by Crippen LogP contribution is -2.12. The summed E-state index contributed by atoms with van der Waals surface area (Å²) in [5.41, 5.74) is 1.10. The molecule has 0 unspecified atom stereocenters. The first-order chi connectivity index (χ1) is 13.0. The molecule has 0 spiro atoms. The van der Waals surface area contributed by atoms with E-state index in [0.717, 1.165) is 5.69 Å². The fraction of sp³-hybridized carbons (Fsp3) is 0.105. The van der Waals surface area contributed by atoms with Crippen molar-refractivity contribution in [2.45, 2.75) is 11.5 Å². The number of aromatic nitrogens is 1. The van der Waals surface area contributed by atoms with E-state index in [4.69, 9.17) is 21.1 Å². The lowest BCUT2D eigenvalue weighted by Gasteiger charge is -2.11. The van der Waals surface area contributed by atoms with E-state index in [0.29, 0.717) is 22.2 Å². The minimum Gasteiger partial charge on any atom is -0.497 e. The van der Waals surface area contributed by atoms with Gasteiger partial charge in [-0.2, -0.15) is 0 Å². The average molecular weight is 405 g/mol. The van der Waals surface area contributed by atoms with E-state index in [-0.39, 0.29) is 11.5 Å². The molecule has 6 nitrogen and oxygen atoms in total. The second kappa shape index (κ2) is 8.28. The molecule has 1 heterocycles. The predicted molar refractivity (Wildman–Crippen MR) is 104 cm³/mol. The molecular formula is C19H17ClN2O4S. The molecule has 0 atom stereocenters. The normalized spacial score (nSPS) is 11.0. The van der Waals surface area contributed by atoms with Crippen LogP contribution in [0.1, 0.15) is 5.69 Å². The van der Waals surface area contributed by atoms with Crippen LogP contribution in [0.3, 0.4) is 0 Å². The molecule has 8 heteroatoms. The number of anilines is 1. The van der Waals surface area contributed by atoms with Gasteiger partial charge in [-0.25, -0.2) is 8.42 Å². The van der Waals surface area contributed by atoms with E-state index in [9.17, 15) is 8.42 Å². The van der Waals surface area contributed by atoms with Crippen molar-refractivity contribution in [2.24, 2.45) is 0 Å². The molecule has 3 rings (SSSR count). The molecule has 0 saturated heterocycles. The summed E-state index contributed by atoms with van der Waals surface area (Å²) >= 11 is 6.21. The molecule has 1 aromatic heterocycles. The van der Waals surface area contributed by atoms with Crippen LogP contribution in [-0.4, -0.2) is 20.5 Å². The molecular weight excluding hydrogens is 388 g/mol. The Balaban J connectivity index is 1.71. The van der Waals surface area contributed by atoms with E-state index in [1.807, 2.05) is 18.2 Å². The van der Waals surface area contributed by atoms with E-state index in [2.05, 4.69) is 9.71 Å². The lowest BCUT2D eigenvalue weighted by molar-refractivity contribution is 0.301. The van der Waals surface area contributed by atoms with Crippen LogP contribution in [0, 0.1) is 0 Å². The summed E-state index contributed by atoms with van der Waals surface area (Å²) in [7, 11) is -2.22. The van der Waals surface area contributed by atoms with Gasteiger partial charge in [0.15, 0.2) is 0 Å².